The number of aromatic nitrogens is 3. The molecule has 1 unspecified atom stereocenters. The fraction of sp³-hybridized carbons (Fsp3) is 0.350. The number of hydrogen-bond donors (Lipinski definition) is 1. The van der Waals surface area contributed by atoms with E-state index in [4.69, 9.17) is 4.42 Å². The maximum Gasteiger partial charge on any atom is 0.251 e. The van der Waals surface area contributed by atoms with Gasteiger partial charge in [-0.05, 0) is 50.1 Å². The monoisotopic (exact) mass is 384 g/mol. The fourth-order valence-electron chi connectivity index (χ4n) is 2.63. The smallest absolute Gasteiger partial charge is 0.251 e. The Morgan fingerprint density at radius 3 is 2.81 bits per heavy atom. The predicted molar refractivity (Wildman–Crippen MR) is 107 cm³/mol. The van der Waals surface area contributed by atoms with Crippen molar-refractivity contribution >= 4 is 17.7 Å². The van der Waals surface area contributed by atoms with Crippen LogP contribution in [0.3, 0.4) is 0 Å². The van der Waals surface area contributed by atoms with Gasteiger partial charge in [0.1, 0.15) is 0 Å². The second-order valence-electron chi connectivity index (χ2n) is 6.30. The van der Waals surface area contributed by atoms with Gasteiger partial charge in [0, 0.05) is 23.9 Å². The van der Waals surface area contributed by atoms with Crippen LogP contribution in [0, 0.1) is 0 Å². The van der Waals surface area contributed by atoms with Gasteiger partial charge in [-0.3, -0.25) is 9.36 Å². The molecule has 0 aliphatic carbocycles. The quantitative estimate of drug-likeness (QED) is 0.584. The highest BCUT2D eigenvalue weighted by Crippen LogP contribution is 2.26. The molecule has 0 radical (unpaired) electrons. The number of carbonyl (C=O) groups is 1. The van der Waals surface area contributed by atoms with Gasteiger partial charge in [-0.15, -0.1) is 10.2 Å². The van der Waals surface area contributed by atoms with E-state index in [1.807, 2.05) is 47.9 Å². The third-order valence-corrected chi connectivity index (χ3v) is 5.36. The van der Waals surface area contributed by atoms with Crippen molar-refractivity contribution in [3.63, 3.8) is 0 Å². The molecule has 0 saturated heterocycles. The van der Waals surface area contributed by atoms with E-state index in [0.29, 0.717) is 17.1 Å². The van der Waals surface area contributed by atoms with E-state index in [0.717, 1.165) is 29.5 Å². The lowest BCUT2D eigenvalue weighted by atomic mass is 10.1. The first-order valence-electron chi connectivity index (χ1n) is 9.12. The molecule has 2 heterocycles. The van der Waals surface area contributed by atoms with Crippen molar-refractivity contribution in [1.82, 2.24) is 20.1 Å². The summed E-state index contributed by atoms with van der Waals surface area (Å²) in [6.45, 7) is 6.87. The molecule has 2 aromatic heterocycles. The molecule has 142 valence electrons. The highest BCUT2D eigenvalue weighted by atomic mass is 32.2. The lowest BCUT2D eigenvalue weighted by Gasteiger charge is -2.12. The second-order valence-corrected chi connectivity index (χ2v) is 7.24. The van der Waals surface area contributed by atoms with Crippen molar-refractivity contribution in [2.75, 3.05) is 0 Å². The molecule has 0 aliphatic rings. The average Bonchev–Trinajstić information content (AvgIpc) is 3.35. The topological polar surface area (TPSA) is 73.0 Å². The summed E-state index contributed by atoms with van der Waals surface area (Å²) in [5.41, 5.74) is 1.75. The molecule has 3 aromatic rings. The van der Waals surface area contributed by atoms with Crippen LogP contribution in [-0.2, 0) is 12.3 Å². The number of carbonyl (C=O) groups excluding carboxylic acids is 1. The molecular weight excluding hydrogens is 360 g/mol. The Balaban J connectivity index is 1.70. The summed E-state index contributed by atoms with van der Waals surface area (Å²) >= 11 is 1.60. The first-order chi connectivity index (χ1) is 13.1. The summed E-state index contributed by atoms with van der Waals surface area (Å²) in [4.78, 5) is 12.3. The van der Waals surface area contributed by atoms with E-state index >= 15 is 0 Å². The molecule has 0 aliphatic heterocycles. The van der Waals surface area contributed by atoms with Gasteiger partial charge in [-0.1, -0.05) is 30.8 Å². The Kier molecular flexibility index (Phi) is 6.34. The third-order valence-electron chi connectivity index (χ3n) is 4.32. The van der Waals surface area contributed by atoms with Crippen LogP contribution in [0.2, 0.25) is 0 Å². The van der Waals surface area contributed by atoms with Gasteiger partial charge >= 0.3 is 0 Å². The van der Waals surface area contributed by atoms with Crippen molar-refractivity contribution in [1.29, 1.82) is 0 Å². The third kappa shape index (κ3) is 4.60. The van der Waals surface area contributed by atoms with Crippen molar-refractivity contribution < 1.29 is 9.21 Å². The SMILES string of the molecule is CCC(C)NC(=O)c1cccc(CSc2nnc(-c3ccco3)n2CC)c1. The standard InChI is InChI=1S/C20H24N4O2S/c1-4-14(3)21-19(25)16-9-6-8-15(12-16)13-27-20-23-22-18(24(20)5-2)17-10-7-11-26-17/h6-12,14H,4-5,13H2,1-3H3,(H,21,25). The Morgan fingerprint density at radius 1 is 1.26 bits per heavy atom. The molecular formula is C20H24N4O2S. The lowest BCUT2D eigenvalue weighted by molar-refractivity contribution is 0.0939. The molecule has 1 amide bonds. The second kappa shape index (κ2) is 8.90. The van der Waals surface area contributed by atoms with Gasteiger partial charge in [0.15, 0.2) is 16.7 Å². The molecule has 7 heteroatoms. The van der Waals surface area contributed by atoms with E-state index in [9.17, 15) is 4.79 Å². The van der Waals surface area contributed by atoms with Crippen LogP contribution in [0.15, 0.2) is 52.2 Å². The molecule has 0 fully saturated rings. The van der Waals surface area contributed by atoms with Crippen molar-refractivity contribution in [3.8, 4) is 11.6 Å². The van der Waals surface area contributed by atoms with Gasteiger partial charge in [-0.2, -0.15) is 0 Å². The Hall–Kier alpha value is -2.54. The number of thioether (sulfide) groups is 1. The van der Waals surface area contributed by atoms with E-state index < -0.39 is 0 Å². The largest absolute Gasteiger partial charge is 0.461 e. The van der Waals surface area contributed by atoms with Gasteiger partial charge in [0.2, 0.25) is 0 Å². The normalized spacial score (nSPS) is 12.1. The van der Waals surface area contributed by atoms with Crippen LogP contribution in [0.5, 0.6) is 0 Å². The highest BCUT2D eigenvalue weighted by Gasteiger charge is 2.15. The summed E-state index contributed by atoms with van der Waals surface area (Å²) < 4.78 is 7.47. The van der Waals surface area contributed by atoms with Crippen molar-refractivity contribution in [2.45, 2.75) is 50.7 Å². The maximum atomic E-state index is 12.3. The number of hydrogen-bond acceptors (Lipinski definition) is 5. The van der Waals surface area contributed by atoms with Gasteiger partial charge in [0.25, 0.3) is 5.91 Å². The van der Waals surface area contributed by atoms with E-state index in [1.165, 1.54) is 0 Å². The maximum absolute atomic E-state index is 12.3. The minimum atomic E-state index is -0.0342. The van der Waals surface area contributed by atoms with Crippen LogP contribution in [0.4, 0.5) is 0 Å². The predicted octanol–water partition coefficient (Wildman–Crippen LogP) is 4.38. The molecule has 27 heavy (non-hydrogen) atoms. The zero-order chi connectivity index (χ0) is 19.2. The summed E-state index contributed by atoms with van der Waals surface area (Å²) in [7, 11) is 0. The summed E-state index contributed by atoms with van der Waals surface area (Å²) in [5.74, 6) is 2.11. The van der Waals surface area contributed by atoms with Crippen LogP contribution in [0.25, 0.3) is 11.6 Å². The Morgan fingerprint density at radius 2 is 2.11 bits per heavy atom. The number of rotatable bonds is 8. The number of nitrogens with zero attached hydrogens (tertiary/aromatic N) is 3. The highest BCUT2D eigenvalue weighted by molar-refractivity contribution is 7.98. The van der Waals surface area contributed by atoms with Gasteiger partial charge in [0.05, 0.1) is 6.26 Å². The van der Waals surface area contributed by atoms with Crippen LogP contribution in [-0.4, -0.2) is 26.7 Å². The Labute approximate surface area is 163 Å². The molecule has 0 spiro atoms. The summed E-state index contributed by atoms with van der Waals surface area (Å²) in [6, 6.07) is 11.6. The van der Waals surface area contributed by atoms with Gasteiger partial charge < -0.3 is 9.73 Å². The first-order valence-corrected chi connectivity index (χ1v) is 10.1. The van der Waals surface area contributed by atoms with Gasteiger partial charge in [-0.25, -0.2) is 0 Å². The molecule has 3 rings (SSSR count). The number of nitrogens with one attached hydrogen (secondary N) is 1. The van der Waals surface area contributed by atoms with Crippen molar-refractivity contribution in [3.05, 3.63) is 53.8 Å². The number of furan rings is 1. The molecule has 1 N–H and O–H groups in total. The Bertz CT molecular complexity index is 889. The average molecular weight is 385 g/mol. The van der Waals surface area contributed by atoms with E-state index in [2.05, 4.69) is 29.4 Å². The molecule has 0 saturated carbocycles. The van der Waals surface area contributed by atoms with Crippen molar-refractivity contribution in [2.24, 2.45) is 0 Å². The first kappa shape index (κ1) is 19.2. The minimum absolute atomic E-state index is 0.0342. The van der Waals surface area contributed by atoms with Crippen LogP contribution >= 0.6 is 11.8 Å². The lowest BCUT2D eigenvalue weighted by Crippen LogP contribution is -2.31. The number of benzene rings is 1. The zero-order valence-corrected chi connectivity index (χ0v) is 16.6. The molecule has 1 aromatic carbocycles. The molecule has 1 atom stereocenters. The van der Waals surface area contributed by atoms with Crippen LogP contribution < -0.4 is 5.32 Å². The molecule has 6 nitrogen and oxygen atoms in total. The van der Waals surface area contributed by atoms with E-state index in [1.54, 1.807) is 18.0 Å². The van der Waals surface area contributed by atoms with E-state index in [-0.39, 0.29) is 11.9 Å². The number of amides is 1. The summed E-state index contributed by atoms with van der Waals surface area (Å²) in [5, 5.41) is 12.4. The minimum Gasteiger partial charge on any atom is -0.461 e. The zero-order valence-electron chi connectivity index (χ0n) is 15.8. The summed E-state index contributed by atoms with van der Waals surface area (Å²) in [6.07, 6.45) is 2.54. The van der Waals surface area contributed by atoms with Crippen LogP contribution in [0.1, 0.15) is 43.1 Å². The molecule has 0 bridgehead atoms. The fourth-order valence-corrected chi connectivity index (χ4v) is 3.57.